The molecule has 3 rings (SSSR count). The Labute approximate surface area is 119 Å². The van der Waals surface area contributed by atoms with Crippen LogP contribution < -0.4 is 5.32 Å². The van der Waals surface area contributed by atoms with Crippen molar-refractivity contribution >= 4 is 11.3 Å². The van der Waals surface area contributed by atoms with E-state index in [2.05, 4.69) is 54.0 Å². The average Bonchev–Trinajstić information content (AvgIpc) is 3.16. The maximum absolute atomic E-state index is 3.63. The lowest BCUT2D eigenvalue weighted by Gasteiger charge is -2.13. The first-order chi connectivity index (χ1) is 9.31. The largest absolute Gasteiger partial charge is 0.310 e. The zero-order chi connectivity index (χ0) is 13.1. The van der Waals surface area contributed by atoms with Gasteiger partial charge < -0.3 is 5.32 Å². The van der Waals surface area contributed by atoms with E-state index in [-0.39, 0.29) is 0 Å². The molecule has 0 bridgehead atoms. The summed E-state index contributed by atoms with van der Waals surface area (Å²) in [5.41, 5.74) is 2.95. The standard InChI is InChI=1S/C17H21NS/c1-13(10-17-6-3-9-19-17)18-12-14-4-2-5-16(11-14)15-7-8-15/h2-6,9,11,13,15,18H,7-8,10,12H2,1H3. The van der Waals surface area contributed by atoms with Crippen molar-refractivity contribution in [2.45, 2.75) is 44.7 Å². The summed E-state index contributed by atoms with van der Waals surface area (Å²) in [6, 6.07) is 14.0. The fourth-order valence-electron chi connectivity index (χ4n) is 2.47. The maximum Gasteiger partial charge on any atom is 0.0208 e. The third kappa shape index (κ3) is 3.68. The highest BCUT2D eigenvalue weighted by Crippen LogP contribution is 2.40. The predicted molar refractivity (Wildman–Crippen MR) is 82.7 cm³/mol. The number of rotatable bonds is 6. The summed E-state index contributed by atoms with van der Waals surface area (Å²) in [5.74, 6) is 0.850. The molecule has 100 valence electrons. The van der Waals surface area contributed by atoms with Crippen LogP contribution in [0.5, 0.6) is 0 Å². The van der Waals surface area contributed by atoms with E-state index < -0.39 is 0 Å². The predicted octanol–water partition coefficient (Wildman–Crippen LogP) is 4.35. The molecule has 1 aromatic carbocycles. The lowest BCUT2D eigenvalue weighted by molar-refractivity contribution is 0.548. The van der Waals surface area contributed by atoms with E-state index in [9.17, 15) is 0 Å². The quantitative estimate of drug-likeness (QED) is 0.824. The Morgan fingerprint density at radius 2 is 2.16 bits per heavy atom. The van der Waals surface area contributed by atoms with Crippen molar-refractivity contribution in [1.82, 2.24) is 5.32 Å². The molecule has 2 aromatic rings. The summed E-state index contributed by atoms with van der Waals surface area (Å²) in [5, 5.41) is 5.78. The van der Waals surface area contributed by atoms with Gasteiger partial charge in [0.1, 0.15) is 0 Å². The van der Waals surface area contributed by atoms with E-state index in [4.69, 9.17) is 0 Å². The summed E-state index contributed by atoms with van der Waals surface area (Å²) in [4.78, 5) is 1.46. The van der Waals surface area contributed by atoms with Crippen molar-refractivity contribution < 1.29 is 0 Å². The summed E-state index contributed by atoms with van der Waals surface area (Å²) < 4.78 is 0. The molecule has 0 aliphatic heterocycles. The third-order valence-electron chi connectivity index (χ3n) is 3.74. The van der Waals surface area contributed by atoms with Crippen molar-refractivity contribution in [3.63, 3.8) is 0 Å². The van der Waals surface area contributed by atoms with E-state index in [1.807, 2.05) is 11.3 Å². The third-order valence-corrected chi connectivity index (χ3v) is 4.64. The summed E-state index contributed by atoms with van der Waals surface area (Å²) >= 11 is 1.85. The van der Waals surface area contributed by atoms with Gasteiger partial charge in [0.25, 0.3) is 0 Å². The van der Waals surface area contributed by atoms with Crippen LogP contribution in [-0.2, 0) is 13.0 Å². The molecule has 0 spiro atoms. The lowest BCUT2D eigenvalue weighted by Crippen LogP contribution is -2.27. The highest BCUT2D eigenvalue weighted by Gasteiger charge is 2.23. The smallest absolute Gasteiger partial charge is 0.0208 e. The van der Waals surface area contributed by atoms with Crippen molar-refractivity contribution in [2.24, 2.45) is 0 Å². The van der Waals surface area contributed by atoms with E-state index in [1.165, 1.54) is 28.8 Å². The molecule has 1 saturated carbocycles. The molecule has 1 aliphatic carbocycles. The average molecular weight is 271 g/mol. The van der Waals surface area contributed by atoms with Gasteiger partial charge in [-0.2, -0.15) is 0 Å². The minimum absolute atomic E-state index is 0.531. The number of thiophene rings is 1. The zero-order valence-corrected chi connectivity index (χ0v) is 12.2. The first kappa shape index (κ1) is 12.9. The number of benzene rings is 1. The fraction of sp³-hybridized carbons (Fsp3) is 0.412. The van der Waals surface area contributed by atoms with Gasteiger partial charge in [0.05, 0.1) is 0 Å². The van der Waals surface area contributed by atoms with Crippen LogP contribution in [0.4, 0.5) is 0 Å². The molecule has 1 nitrogen and oxygen atoms in total. The maximum atomic E-state index is 3.63. The highest BCUT2D eigenvalue weighted by atomic mass is 32.1. The van der Waals surface area contributed by atoms with E-state index in [1.54, 1.807) is 0 Å². The minimum atomic E-state index is 0.531. The topological polar surface area (TPSA) is 12.0 Å². The molecular formula is C17H21NS. The van der Waals surface area contributed by atoms with Gasteiger partial charge in [-0.05, 0) is 54.7 Å². The Morgan fingerprint density at radius 3 is 2.89 bits per heavy atom. The van der Waals surface area contributed by atoms with Crippen LogP contribution in [0.2, 0.25) is 0 Å². The highest BCUT2D eigenvalue weighted by molar-refractivity contribution is 7.09. The minimum Gasteiger partial charge on any atom is -0.310 e. The molecule has 1 heterocycles. The first-order valence-corrected chi connectivity index (χ1v) is 8.04. The second-order valence-electron chi connectivity index (χ2n) is 5.58. The Kier molecular flexibility index (Phi) is 4.00. The molecule has 0 saturated heterocycles. The number of hydrogen-bond donors (Lipinski definition) is 1. The van der Waals surface area contributed by atoms with Gasteiger partial charge in [0, 0.05) is 17.5 Å². The van der Waals surface area contributed by atoms with Gasteiger partial charge in [-0.15, -0.1) is 11.3 Å². The molecule has 1 N–H and O–H groups in total. The first-order valence-electron chi connectivity index (χ1n) is 7.16. The van der Waals surface area contributed by atoms with Crippen LogP contribution in [0.3, 0.4) is 0 Å². The van der Waals surface area contributed by atoms with Gasteiger partial charge in [-0.25, -0.2) is 0 Å². The molecule has 1 unspecified atom stereocenters. The summed E-state index contributed by atoms with van der Waals surface area (Å²) in [6.45, 7) is 3.25. The van der Waals surface area contributed by atoms with Gasteiger partial charge in [-0.3, -0.25) is 0 Å². The Hall–Kier alpha value is -1.12. The second-order valence-corrected chi connectivity index (χ2v) is 6.62. The normalized spacial score (nSPS) is 16.5. The zero-order valence-electron chi connectivity index (χ0n) is 11.4. The molecule has 0 radical (unpaired) electrons. The van der Waals surface area contributed by atoms with Crippen molar-refractivity contribution in [3.05, 3.63) is 57.8 Å². The van der Waals surface area contributed by atoms with E-state index in [0.29, 0.717) is 6.04 Å². The van der Waals surface area contributed by atoms with Crippen molar-refractivity contribution in [1.29, 1.82) is 0 Å². The molecular weight excluding hydrogens is 250 g/mol. The van der Waals surface area contributed by atoms with Crippen LogP contribution in [0.25, 0.3) is 0 Å². The molecule has 1 fully saturated rings. The van der Waals surface area contributed by atoms with Crippen molar-refractivity contribution in [3.8, 4) is 0 Å². The SMILES string of the molecule is CC(Cc1cccs1)NCc1cccc(C2CC2)c1. The van der Waals surface area contributed by atoms with Gasteiger partial charge in [-0.1, -0.05) is 30.3 Å². The van der Waals surface area contributed by atoms with Gasteiger partial charge in [0.15, 0.2) is 0 Å². The Balaban J connectivity index is 1.52. The number of hydrogen-bond acceptors (Lipinski definition) is 2. The molecule has 1 aromatic heterocycles. The molecule has 2 heteroatoms. The van der Waals surface area contributed by atoms with Crippen LogP contribution in [0, 0.1) is 0 Å². The van der Waals surface area contributed by atoms with Crippen LogP contribution in [0.1, 0.15) is 41.7 Å². The van der Waals surface area contributed by atoms with Gasteiger partial charge in [0.2, 0.25) is 0 Å². The van der Waals surface area contributed by atoms with Gasteiger partial charge >= 0.3 is 0 Å². The van der Waals surface area contributed by atoms with E-state index in [0.717, 1.165) is 18.9 Å². The Morgan fingerprint density at radius 1 is 1.26 bits per heavy atom. The summed E-state index contributed by atoms with van der Waals surface area (Å²) in [6.07, 6.45) is 3.89. The van der Waals surface area contributed by atoms with Crippen LogP contribution in [0.15, 0.2) is 41.8 Å². The molecule has 1 aliphatic rings. The van der Waals surface area contributed by atoms with Crippen LogP contribution in [-0.4, -0.2) is 6.04 Å². The molecule has 0 amide bonds. The van der Waals surface area contributed by atoms with E-state index >= 15 is 0 Å². The fourth-order valence-corrected chi connectivity index (χ4v) is 3.30. The summed E-state index contributed by atoms with van der Waals surface area (Å²) in [7, 11) is 0. The Bertz CT molecular complexity index is 514. The number of nitrogens with one attached hydrogen (secondary N) is 1. The monoisotopic (exact) mass is 271 g/mol. The second kappa shape index (κ2) is 5.89. The van der Waals surface area contributed by atoms with Crippen molar-refractivity contribution in [2.75, 3.05) is 0 Å². The lowest BCUT2D eigenvalue weighted by atomic mass is 10.1. The molecule has 1 atom stereocenters. The van der Waals surface area contributed by atoms with Crippen LogP contribution >= 0.6 is 11.3 Å². The molecule has 19 heavy (non-hydrogen) atoms.